The fourth-order valence-corrected chi connectivity index (χ4v) is 1.08. The molecule has 0 heterocycles. The van der Waals surface area contributed by atoms with Gasteiger partial charge in [0.05, 0.1) is 6.54 Å². The van der Waals surface area contributed by atoms with Crippen molar-refractivity contribution in [2.24, 2.45) is 16.5 Å². The molecule has 0 aromatic heterocycles. The summed E-state index contributed by atoms with van der Waals surface area (Å²) in [5, 5.41) is 0. The van der Waals surface area contributed by atoms with E-state index in [0.29, 0.717) is 6.54 Å². The molecule has 1 aromatic carbocycles. The predicted molar refractivity (Wildman–Crippen MR) is 62.7 cm³/mol. The lowest BCUT2D eigenvalue weighted by Crippen LogP contribution is -2.22. The van der Waals surface area contributed by atoms with Crippen molar-refractivity contribution in [3.05, 3.63) is 34.9 Å². The fourth-order valence-electron chi connectivity index (χ4n) is 1.08. The van der Waals surface area contributed by atoms with Crippen LogP contribution in [0.2, 0.25) is 0 Å². The van der Waals surface area contributed by atoms with Gasteiger partial charge in [-0.3, -0.25) is 0 Å². The minimum atomic E-state index is 0. The molecule has 0 unspecified atom stereocenters. The Morgan fingerprint density at radius 2 is 1.86 bits per heavy atom. The van der Waals surface area contributed by atoms with Crippen molar-refractivity contribution in [1.82, 2.24) is 0 Å². The lowest BCUT2D eigenvalue weighted by molar-refractivity contribution is 1.05. The Morgan fingerprint density at radius 1 is 1.21 bits per heavy atom. The van der Waals surface area contributed by atoms with Gasteiger partial charge < -0.3 is 11.5 Å². The van der Waals surface area contributed by atoms with E-state index < -0.39 is 0 Å². The zero-order valence-electron chi connectivity index (χ0n) is 8.45. The van der Waals surface area contributed by atoms with Crippen LogP contribution in [0.4, 0.5) is 0 Å². The van der Waals surface area contributed by atoms with Gasteiger partial charge >= 0.3 is 0 Å². The van der Waals surface area contributed by atoms with E-state index in [1.54, 1.807) is 0 Å². The van der Waals surface area contributed by atoms with Crippen LogP contribution in [0.1, 0.15) is 16.7 Å². The molecule has 78 valence electrons. The summed E-state index contributed by atoms with van der Waals surface area (Å²) in [6.45, 7) is 4.72. The summed E-state index contributed by atoms with van der Waals surface area (Å²) in [6, 6.07) is 6.21. The normalized spacial score (nSPS) is 9.00. The standard InChI is InChI=1S/C10H15N3.ClH/c1-7-3-4-9(5-8(7)2)6-13-10(11)12;/h3-5H,6H2,1-2H3,(H4,11,12,13);1H. The maximum Gasteiger partial charge on any atom is 0.186 e. The van der Waals surface area contributed by atoms with Gasteiger partial charge in [-0.05, 0) is 30.5 Å². The van der Waals surface area contributed by atoms with E-state index in [2.05, 4.69) is 31.0 Å². The molecule has 1 aromatic rings. The Morgan fingerprint density at radius 3 is 2.36 bits per heavy atom. The highest BCUT2D eigenvalue weighted by molar-refractivity contribution is 5.85. The molecule has 3 nitrogen and oxygen atoms in total. The van der Waals surface area contributed by atoms with E-state index in [1.165, 1.54) is 11.1 Å². The van der Waals surface area contributed by atoms with E-state index in [4.69, 9.17) is 11.5 Å². The Hall–Kier alpha value is -1.22. The summed E-state index contributed by atoms with van der Waals surface area (Å²) in [4.78, 5) is 3.94. The Kier molecular flexibility index (Phi) is 5.02. The molecule has 4 N–H and O–H groups in total. The molecule has 0 saturated carbocycles. The van der Waals surface area contributed by atoms with Crippen LogP contribution in [0.3, 0.4) is 0 Å². The molecule has 0 aliphatic heterocycles. The van der Waals surface area contributed by atoms with Crippen LogP contribution in [-0.4, -0.2) is 5.96 Å². The first-order valence-electron chi connectivity index (χ1n) is 4.21. The zero-order chi connectivity index (χ0) is 9.84. The first-order valence-corrected chi connectivity index (χ1v) is 4.21. The number of hydrogen-bond acceptors (Lipinski definition) is 1. The molecule has 0 bridgehead atoms. The Labute approximate surface area is 90.6 Å². The molecule has 4 heteroatoms. The molecule has 0 aliphatic rings. The number of hydrogen-bond donors (Lipinski definition) is 2. The van der Waals surface area contributed by atoms with Crippen molar-refractivity contribution in [1.29, 1.82) is 0 Å². The lowest BCUT2D eigenvalue weighted by Gasteiger charge is -2.02. The number of aryl methyl sites for hydroxylation is 2. The maximum atomic E-state index is 5.24. The second kappa shape index (κ2) is 5.50. The van der Waals surface area contributed by atoms with E-state index in [-0.39, 0.29) is 18.4 Å². The third-order valence-corrected chi connectivity index (χ3v) is 2.02. The second-order valence-corrected chi connectivity index (χ2v) is 3.16. The molecule has 0 fully saturated rings. The average molecular weight is 214 g/mol. The SMILES string of the molecule is Cc1ccc(CN=C(N)N)cc1C.Cl. The van der Waals surface area contributed by atoms with Crippen molar-refractivity contribution in [2.45, 2.75) is 20.4 Å². The number of rotatable bonds is 2. The Bertz CT molecular complexity index is 330. The van der Waals surface area contributed by atoms with Gasteiger partial charge in [0.25, 0.3) is 0 Å². The summed E-state index contributed by atoms with van der Waals surface area (Å²) in [6.07, 6.45) is 0. The molecule has 0 saturated heterocycles. The molecule has 1 rings (SSSR count). The van der Waals surface area contributed by atoms with Gasteiger partial charge in [0.1, 0.15) is 0 Å². The van der Waals surface area contributed by atoms with Gasteiger partial charge in [-0.1, -0.05) is 18.2 Å². The predicted octanol–water partition coefficient (Wildman–Crippen LogP) is 1.50. The third-order valence-electron chi connectivity index (χ3n) is 2.02. The second-order valence-electron chi connectivity index (χ2n) is 3.16. The van der Waals surface area contributed by atoms with E-state index in [1.807, 2.05) is 6.07 Å². The smallest absolute Gasteiger partial charge is 0.186 e. The summed E-state index contributed by atoms with van der Waals surface area (Å²) in [7, 11) is 0. The van der Waals surface area contributed by atoms with Gasteiger partial charge in [0.2, 0.25) is 0 Å². The molecular formula is C10H16ClN3. The monoisotopic (exact) mass is 213 g/mol. The van der Waals surface area contributed by atoms with Crippen LogP contribution < -0.4 is 11.5 Å². The number of halogens is 1. The van der Waals surface area contributed by atoms with Gasteiger partial charge in [0, 0.05) is 0 Å². The van der Waals surface area contributed by atoms with Gasteiger partial charge in [-0.15, -0.1) is 12.4 Å². The van der Waals surface area contributed by atoms with E-state index in [0.717, 1.165) is 5.56 Å². The van der Waals surface area contributed by atoms with Crippen molar-refractivity contribution < 1.29 is 0 Å². The molecule has 0 aliphatic carbocycles. The number of nitrogens with two attached hydrogens (primary N) is 2. The average Bonchev–Trinajstić information content (AvgIpc) is 2.07. The van der Waals surface area contributed by atoms with Gasteiger partial charge in [-0.25, -0.2) is 4.99 Å². The maximum absolute atomic E-state index is 5.24. The van der Waals surface area contributed by atoms with Gasteiger partial charge in [0.15, 0.2) is 5.96 Å². The quantitative estimate of drug-likeness (QED) is 0.578. The third kappa shape index (κ3) is 3.66. The summed E-state index contributed by atoms with van der Waals surface area (Å²) < 4.78 is 0. The van der Waals surface area contributed by atoms with Crippen LogP contribution >= 0.6 is 12.4 Å². The van der Waals surface area contributed by atoms with Crippen molar-refractivity contribution >= 4 is 18.4 Å². The molecule has 0 radical (unpaired) electrons. The highest BCUT2D eigenvalue weighted by atomic mass is 35.5. The van der Waals surface area contributed by atoms with Crippen molar-refractivity contribution in [2.75, 3.05) is 0 Å². The molecule has 0 spiro atoms. The number of guanidine groups is 1. The number of nitrogens with zero attached hydrogens (tertiary/aromatic N) is 1. The summed E-state index contributed by atoms with van der Waals surface area (Å²) in [5.74, 6) is 0.137. The first-order chi connectivity index (χ1) is 6.09. The van der Waals surface area contributed by atoms with E-state index >= 15 is 0 Å². The molecule has 14 heavy (non-hydrogen) atoms. The molecule has 0 atom stereocenters. The fraction of sp³-hybridized carbons (Fsp3) is 0.300. The minimum absolute atomic E-state index is 0. The number of aliphatic imine (C=N–C) groups is 1. The van der Waals surface area contributed by atoms with Crippen molar-refractivity contribution in [3.8, 4) is 0 Å². The van der Waals surface area contributed by atoms with Crippen LogP contribution in [0.15, 0.2) is 23.2 Å². The van der Waals surface area contributed by atoms with Crippen LogP contribution in [0, 0.1) is 13.8 Å². The van der Waals surface area contributed by atoms with E-state index in [9.17, 15) is 0 Å². The molecular weight excluding hydrogens is 198 g/mol. The van der Waals surface area contributed by atoms with Crippen LogP contribution in [0.25, 0.3) is 0 Å². The summed E-state index contributed by atoms with van der Waals surface area (Å²) >= 11 is 0. The Balaban J connectivity index is 0.00000169. The largest absolute Gasteiger partial charge is 0.370 e. The topological polar surface area (TPSA) is 64.4 Å². The van der Waals surface area contributed by atoms with Gasteiger partial charge in [-0.2, -0.15) is 0 Å². The summed E-state index contributed by atoms with van der Waals surface area (Å²) in [5.41, 5.74) is 14.2. The highest BCUT2D eigenvalue weighted by Gasteiger charge is 1.94. The number of benzene rings is 1. The van der Waals surface area contributed by atoms with Crippen LogP contribution in [-0.2, 0) is 6.54 Å². The molecule has 0 amide bonds. The van der Waals surface area contributed by atoms with Crippen molar-refractivity contribution in [3.63, 3.8) is 0 Å². The lowest BCUT2D eigenvalue weighted by atomic mass is 10.1. The first kappa shape index (κ1) is 12.8. The minimum Gasteiger partial charge on any atom is -0.370 e. The van der Waals surface area contributed by atoms with Crippen LogP contribution in [0.5, 0.6) is 0 Å². The highest BCUT2D eigenvalue weighted by Crippen LogP contribution is 2.10. The zero-order valence-corrected chi connectivity index (χ0v) is 9.27.